The molecule has 1 unspecified atom stereocenters. The molecule has 0 saturated carbocycles. The van der Waals surface area contributed by atoms with Crippen molar-refractivity contribution in [2.24, 2.45) is 4.99 Å². The normalized spacial score (nSPS) is 15.1. The Bertz CT molecular complexity index is 1570. The minimum absolute atomic E-state index is 0.240. The molecule has 9 nitrogen and oxygen atoms in total. The lowest BCUT2D eigenvalue weighted by atomic mass is 9.95. The van der Waals surface area contributed by atoms with Crippen LogP contribution in [-0.4, -0.2) is 37.8 Å². The number of carbonyl (C=O) groups excluding carboxylic acids is 2. The lowest BCUT2D eigenvalue weighted by Crippen LogP contribution is -2.39. The maximum atomic E-state index is 13.7. The van der Waals surface area contributed by atoms with E-state index >= 15 is 0 Å². The zero-order valence-electron chi connectivity index (χ0n) is 20.4. The molecule has 36 heavy (non-hydrogen) atoms. The lowest BCUT2D eigenvalue weighted by Gasteiger charge is -2.25. The van der Waals surface area contributed by atoms with Gasteiger partial charge in [-0.25, -0.2) is 9.79 Å². The maximum Gasteiger partial charge on any atom is 0.338 e. The molecule has 1 aliphatic rings. The predicted molar refractivity (Wildman–Crippen MR) is 133 cm³/mol. The highest BCUT2D eigenvalue weighted by atomic mass is 32.1. The molecule has 0 amide bonds. The summed E-state index contributed by atoms with van der Waals surface area (Å²) in [4.78, 5) is 43.0. The molecule has 2 heterocycles. The second kappa shape index (κ2) is 10.2. The third kappa shape index (κ3) is 4.55. The molecular weight excluding hydrogens is 484 g/mol. The number of para-hydroxylation sites is 1. The van der Waals surface area contributed by atoms with E-state index in [9.17, 15) is 14.4 Å². The largest absolute Gasteiger partial charge is 0.493 e. The summed E-state index contributed by atoms with van der Waals surface area (Å²) in [5, 5.41) is 0. The van der Waals surface area contributed by atoms with E-state index in [2.05, 4.69) is 4.99 Å². The third-order valence-electron chi connectivity index (χ3n) is 5.61. The van der Waals surface area contributed by atoms with Crippen molar-refractivity contribution < 1.29 is 28.5 Å². The molecule has 10 heteroatoms. The van der Waals surface area contributed by atoms with Gasteiger partial charge in [-0.1, -0.05) is 35.6 Å². The van der Waals surface area contributed by atoms with Crippen LogP contribution >= 0.6 is 11.3 Å². The average molecular weight is 509 g/mol. The number of carbonyl (C=O) groups is 2. The molecule has 0 bridgehead atoms. The highest BCUT2D eigenvalue weighted by molar-refractivity contribution is 7.07. The van der Waals surface area contributed by atoms with Crippen LogP contribution in [0, 0.1) is 0 Å². The summed E-state index contributed by atoms with van der Waals surface area (Å²) in [6.45, 7) is 3.01. The second-order valence-corrected chi connectivity index (χ2v) is 8.83. The van der Waals surface area contributed by atoms with Gasteiger partial charge in [-0.2, -0.15) is 0 Å². The Balaban J connectivity index is 1.97. The molecule has 1 aromatic heterocycles. The molecule has 3 aromatic rings. The Kier molecular flexibility index (Phi) is 7.07. The smallest absolute Gasteiger partial charge is 0.338 e. The number of hydrogen-bond acceptors (Lipinski definition) is 9. The number of ether oxygens (including phenoxy) is 4. The number of benzene rings is 2. The van der Waals surface area contributed by atoms with Gasteiger partial charge < -0.3 is 18.9 Å². The van der Waals surface area contributed by atoms with Crippen LogP contribution in [0.4, 0.5) is 0 Å². The Morgan fingerprint density at radius 3 is 2.42 bits per heavy atom. The Morgan fingerprint density at radius 2 is 1.75 bits per heavy atom. The van der Waals surface area contributed by atoms with Crippen molar-refractivity contribution in [1.29, 1.82) is 0 Å². The van der Waals surface area contributed by atoms with Gasteiger partial charge in [-0.3, -0.25) is 14.2 Å². The van der Waals surface area contributed by atoms with Gasteiger partial charge in [0.25, 0.3) is 5.56 Å². The SMILES string of the molecule is COC(=O)C1=C(C)N=c2s/c(=C/c3ccccc3OC(C)=O)c(=O)n2C1c1ccc(OC)c(OC)c1. The van der Waals surface area contributed by atoms with Gasteiger partial charge in [-0.15, -0.1) is 0 Å². The number of esters is 2. The van der Waals surface area contributed by atoms with Gasteiger partial charge in [0.15, 0.2) is 16.3 Å². The van der Waals surface area contributed by atoms with E-state index in [4.69, 9.17) is 18.9 Å². The highest BCUT2D eigenvalue weighted by Crippen LogP contribution is 2.36. The minimum atomic E-state index is -0.806. The van der Waals surface area contributed by atoms with E-state index in [0.717, 1.165) is 0 Å². The van der Waals surface area contributed by atoms with Crippen LogP contribution in [0.2, 0.25) is 0 Å². The fraction of sp³-hybridized carbons (Fsp3) is 0.231. The van der Waals surface area contributed by atoms with E-state index in [-0.39, 0.29) is 11.1 Å². The molecule has 0 aliphatic carbocycles. The van der Waals surface area contributed by atoms with Crippen molar-refractivity contribution in [3.05, 3.63) is 84.5 Å². The number of allylic oxidation sites excluding steroid dienone is 1. The fourth-order valence-corrected chi connectivity index (χ4v) is 5.06. The monoisotopic (exact) mass is 508 g/mol. The molecular formula is C26H24N2O7S. The van der Waals surface area contributed by atoms with Crippen LogP contribution < -0.4 is 29.1 Å². The number of methoxy groups -OCH3 is 3. The van der Waals surface area contributed by atoms with Crippen LogP contribution in [0.5, 0.6) is 17.2 Å². The first-order valence-electron chi connectivity index (χ1n) is 10.9. The van der Waals surface area contributed by atoms with Gasteiger partial charge in [0, 0.05) is 12.5 Å². The Hall–Kier alpha value is -4.18. The summed E-state index contributed by atoms with van der Waals surface area (Å²) in [6.07, 6.45) is 1.64. The van der Waals surface area contributed by atoms with Gasteiger partial charge in [0.1, 0.15) is 5.75 Å². The van der Waals surface area contributed by atoms with Crippen LogP contribution in [0.25, 0.3) is 6.08 Å². The molecule has 0 radical (unpaired) electrons. The first-order valence-corrected chi connectivity index (χ1v) is 11.7. The summed E-state index contributed by atoms with van der Waals surface area (Å²) in [7, 11) is 4.32. The zero-order chi connectivity index (χ0) is 26.0. The van der Waals surface area contributed by atoms with Crippen molar-refractivity contribution >= 4 is 29.4 Å². The van der Waals surface area contributed by atoms with Gasteiger partial charge >= 0.3 is 11.9 Å². The summed E-state index contributed by atoms with van der Waals surface area (Å²) in [5.41, 5.74) is 1.50. The van der Waals surface area contributed by atoms with Crippen molar-refractivity contribution in [3.63, 3.8) is 0 Å². The first kappa shape index (κ1) is 24.9. The van der Waals surface area contributed by atoms with E-state index in [1.807, 2.05) is 0 Å². The van der Waals surface area contributed by atoms with Gasteiger partial charge in [0.2, 0.25) is 0 Å². The number of hydrogen-bond donors (Lipinski definition) is 0. The molecule has 186 valence electrons. The zero-order valence-corrected chi connectivity index (χ0v) is 21.2. The number of rotatable bonds is 6. The predicted octanol–water partition coefficient (Wildman–Crippen LogP) is 2.35. The molecule has 1 aliphatic heterocycles. The van der Waals surface area contributed by atoms with Crippen molar-refractivity contribution in [2.45, 2.75) is 19.9 Å². The van der Waals surface area contributed by atoms with Crippen LogP contribution in [0.1, 0.15) is 31.0 Å². The number of aromatic nitrogens is 1. The standard InChI is InChI=1S/C26H24N2O7S/c1-14-22(25(31)34-5)23(17-10-11-19(32-3)20(12-17)33-4)28-24(30)21(36-26(28)27-14)13-16-8-6-7-9-18(16)35-15(2)29/h6-13,23H,1-5H3/b21-13+. The molecule has 2 aromatic carbocycles. The van der Waals surface area contributed by atoms with Crippen LogP contribution in [0.15, 0.2) is 63.5 Å². The molecule has 1 atom stereocenters. The third-order valence-corrected chi connectivity index (χ3v) is 6.59. The highest BCUT2D eigenvalue weighted by Gasteiger charge is 2.33. The molecule has 0 saturated heterocycles. The second-order valence-electron chi connectivity index (χ2n) is 7.82. The number of nitrogens with zero attached hydrogens (tertiary/aromatic N) is 2. The maximum absolute atomic E-state index is 13.7. The van der Waals surface area contributed by atoms with Crippen molar-refractivity contribution in [1.82, 2.24) is 4.57 Å². The topological polar surface area (TPSA) is 105 Å². The van der Waals surface area contributed by atoms with Crippen molar-refractivity contribution in [2.75, 3.05) is 21.3 Å². The van der Waals surface area contributed by atoms with Gasteiger partial charge in [0.05, 0.1) is 43.2 Å². The lowest BCUT2D eigenvalue weighted by molar-refractivity contribution is -0.136. The summed E-state index contributed by atoms with van der Waals surface area (Å²) < 4.78 is 22.9. The van der Waals surface area contributed by atoms with Gasteiger partial charge in [-0.05, 0) is 36.8 Å². The summed E-state index contributed by atoms with van der Waals surface area (Å²) >= 11 is 1.17. The molecule has 4 rings (SSSR count). The minimum Gasteiger partial charge on any atom is -0.493 e. The van der Waals surface area contributed by atoms with Crippen molar-refractivity contribution in [3.8, 4) is 17.2 Å². The molecule has 0 spiro atoms. The Labute approximate surface area is 210 Å². The van der Waals surface area contributed by atoms with Crippen LogP contribution in [0.3, 0.4) is 0 Å². The number of fused-ring (bicyclic) bond motifs is 1. The summed E-state index contributed by atoms with van der Waals surface area (Å²) in [5.74, 6) is 0.232. The fourth-order valence-electron chi connectivity index (χ4n) is 4.02. The van der Waals surface area contributed by atoms with E-state index in [0.29, 0.717) is 43.4 Å². The van der Waals surface area contributed by atoms with E-state index in [1.54, 1.807) is 55.5 Å². The summed E-state index contributed by atoms with van der Waals surface area (Å²) in [6, 6.07) is 11.3. The molecule has 0 N–H and O–H groups in total. The van der Waals surface area contributed by atoms with E-state index < -0.39 is 18.0 Å². The average Bonchev–Trinajstić information content (AvgIpc) is 3.17. The quantitative estimate of drug-likeness (QED) is 0.372. The van der Waals surface area contributed by atoms with Crippen LogP contribution in [-0.2, 0) is 14.3 Å². The number of thiazole rings is 1. The van der Waals surface area contributed by atoms with E-state index in [1.165, 1.54) is 44.2 Å². The molecule has 0 fully saturated rings. The Morgan fingerprint density at radius 1 is 1.03 bits per heavy atom. The first-order chi connectivity index (χ1) is 17.3.